The van der Waals surface area contributed by atoms with Gasteiger partial charge in [0.15, 0.2) is 0 Å². The van der Waals surface area contributed by atoms with Gasteiger partial charge in [0.2, 0.25) is 0 Å². The van der Waals surface area contributed by atoms with E-state index in [2.05, 4.69) is 12.1 Å². The Morgan fingerprint density at radius 2 is 1.76 bits per heavy atom. The van der Waals surface area contributed by atoms with Gasteiger partial charge in [-0.05, 0) is 35.9 Å². The van der Waals surface area contributed by atoms with Gasteiger partial charge in [-0.1, -0.05) is 35.9 Å². The Bertz CT molecular complexity index is 940. The number of para-hydroxylation sites is 1. The molecule has 21 heavy (non-hydrogen) atoms. The normalized spacial score (nSPS) is 13.0. The standard InChI is InChI=1S/C17H12ClNOS/c18-16-8-7-15(21-16)17(19)10-5-6-14-12(9-10)11-3-1-2-4-13(11)20-14/h1-9,17H,19H2. The molecule has 0 bridgehead atoms. The highest BCUT2D eigenvalue weighted by atomic mass is 35.5. The van der Waals surface area contributed by atoms with E-state index in [4.69, 9.17) is 21.8 Å². The van der Waals surface area contributed by atoms with Crippen molar-refractivity contribution in [3.63, 3.8) is 0 Å². The lowest BCUT2D eigenvalue weighted by Crippen LogP contribution is -2.09. The Hall–Kier alpha value is -1.81. The number of halogens is 1. The van der Waals surface area contributed by atoms with E-state index in [9.17, 15) is 0 Å². The van der Waals surface area contributed by atoms with E-state index in [0.717, 1.165) is 36.7 Å². The summed E-state index contributed by atoms with van der Waals surface area (Å²) in [5.41, 5.74) is 9.20. The van der Waals surface area contributed by atoms with E-state index in [1.54, 1.807) is 0 Å². The summed E-state index contributed by atoms with van der Waals surface area (Å²) in [5.74, 6) is 0. The Kier molecular flexibility index (Phi) is 3.00. The molecule has 1 unspecified atom stereocenters. The predicted octanol–water partition coefficient (Wildman–Crippen LogP) is 5.35. The molecule has 0 aliphatic heterocycles. The third-order valence-corrected chi connectivity index (χ3v) is 4.97. The molecule has 2 N–H and O–H groups in total. The van der Waals surface area contributed by atoms with Crippen LogP contribution in [-0.4, -0.2) is 0 Å². The van der Waals surface area contributed by atoms with Crippen molar-refractivity contribution in [2.75, 3.05) is 0 Å². The van der Waals surface area contributed by atoms with Crippen LogP contribution >= 0.6 is 22.9 Å². The Labute approximate surface area is 130 Å². The van der Waals surface area contributed by atoms with E-state index in [0.29, 0.717) is 0 Å². The van der Waals surface area contributed by atoms with Crippen LogP contribution < -0.4 is 5.73 Å². The van der Waals surface area contributed by atoms with E-state index in [-0.39, 0.29) is 6.04 Å². The number of hydrogen-bond acceptors (Lipinski definition) is 3. The molecular weight excluding hydrogens is 302 g/mol. The summed E-state index contributed by atoms with van der Waals surface area (Å²) < 4.78 is 6.60. The number of hydrogen-bond donors (Lipinski definition) is 1. The Morgan fingerprint density at radius 1 is 0.952 bits per heavy atom. The van der Waals surface area contributed by atoms with Gasteiger partial charge in [0, 0.05) is 15.6 Å². The number of rotatable bonds is 2. The lowest BCUT2D eigenvalue weighted by molar-refractivity contribution is 0.668. The van der Waals surface area contributed by atoms with E-state index < -0.39 is 0 Å². The van der Waals surface area contributed by atoms with Crippen molar-refractivity contribution in [1.29, 1.82) is 0 Å². The minimum atomic E-state index is -0.166. The van der Waals surface area contributed by atoms with Crippen LogP contribution in [0, 0.1) is 0 Å². The summed E-state index contributed by atoms with van der Waals surface area (Å²) in [7, 11) is 0. The smallest absolute Gasteiger partial charge is 0.135 e. The third kappa shape index (κ3) is 2.14. The average Bonchev–Trinajstić information content (AvgIpc) is 3.09. The van der Waals surface area contributed by atoms with Crippen LogP contribution in [0.15, 0.2) is 59.0 Å². The van der Waals surface area contributed by atoms with Crippen molar-refractivity contribution in [2.45, 2.75) is 6.04 Å². The van der Waals surface area contributed by atoms with E-state index >= 15 is 0 Å². The number of benzene rings is 2. The Balaban J connectivity index is 1.88. The lowest BCUT2D eigenvalue weighted by Gasteiger charge is -2.09. The first kappa shape index (κ1) is 12.9. The molecule has 2 nitrogen and oxygen atoms in total. The van der Waals surface area contributed by atoms with Crippen LogP contribution in [0.4, 0.5) is 0 Å². The molecule has 0 amide bonds. The molecule has 0 radical (unpaired) electrons. The second-order valence-electron chi connectivity index (χ2n) is 4.97. The van der Waals surface area contributed by atoms with Crippen molar-refractivity contribution in [2.24, 2.45) is 5.73 Å². The molecular formula is C17H12ClNOS. The largest absolute Gasteiger partial charge is 0.456 e. The van der Waals surface area contributed by atoms with E-state index in [1.165, 1.54) is 11.3 Å². The van der Waals surface area contributed by atoms with Gasteiger partial charge in [-0.2, -0.15) is 0 Å². The number of fused-ring (bicyclic) bond motifs is 3. The SMILES string of the molecule is NC(c1ccc2oc3ccccc3c2c1)c1ccc(Cl)s1. The zero-order chi connectivity index (χ0) is 14.4. The fourth-order valence-corrected chi connectivity index (χ4v) is 3.69. The zero-order valence-electron chi connectivity index (χ0n) is 11.0. The summed E-state index contributed by atoms with van der Waals surface area (Å²) in [5, 5.41) is 2.21. The maximum Gasteiger partial charge on any atom is 0.135 e. The quantitative estimate of drug-likeness (QED) is 0.542. The predicted molar refractivity (Wildman–Crippen MR) is 89.1 cm³/mol. The summed E-state index contributed by atoms with van der Waals surface area (Å²) in [6.45, 7) is 0. The van der Waals surface area contributed by atoms with Gasteiger partial charge in [-0.25, -0.2) is 0 Å². The first-order valence-electron chi connectivity index (χ1n) is 6.64. The summed E-state index contributed by atoms with van der Waals surface area (Å²) >= 11 is 7.51. The van der Waals surface area contributed by atoms with Crippen LogP contribution in [-0.2, 0) is 0 Å². The summed E-state index contributed by atoms with van der Waals surface area (Å²) in [6.07, 6.45) is 0. The first-order valence-corrected chi connectivity index (χ1v) is 7.84. The second kappa shape index (κ2) is 4.88. The molecule has 0 aliphatic rings. The molecule has 4 rings (SSSR count). The maximum atomic E-state index is 6.35. The lowest BCUT2D eigenvalue weighted by atomic mass is 10.0. The minimum Gasteiger partial charge on any atom is -0.456 e. The first-order chi connectivity index (χ1) is 10.2. The molecule has 2 heterocycles. The van der Waals surface area contributed by atoms with Gasteiger partial charge in [0.05, 0.1) is 10.4 Å². The number of furan rings is 1. The highest BCUT2D eigenvalue weighted by Gasteiger charge is 2.14. The van der Waals surface area contributed by atoms with Gasteiger partial charge in [-0.15, -0.1) is 11.3 Å². The zero-order valence-corrected chi connectivity index (χ0v) is 12.6. The van der Waals surface area contributed by atoms with Crippen molar-refractivity contribution in [1.82, 2.24) is 0 Å². The van der Waals surface area contributed by atoms with Crippen LogP contribution in [0.25, 0.3) is 21.9 Å². The van der Waals surface area contributed by atoms with Crippen molar-refractivity contribution in [3.8, 4) is 0 Å². The molecule has 0 fully saturated rings. The summed E-state index contributed by atoms with van der Waals surface area (Å²) in [6, 6.07) is 17.9. The van der Waals surface area contributed by atoms with Gasteiger partial charge in [0.25, 0.3) is 0 Å². The van der Waals surface area contributed by atoms with Crippen LogP contribution in [0.1, 0.15) is 16.5 Å². The molecule has 2 aromatic heterocycles. The van der Waals surface area contributed by atoms with Gasteiger partial charge >= 0.3 is 0 Å². The molecule has 2 aromatic carbocycles. The van der Waals surface area contributed by atoms with Crippen LogP contribution in [0.3, 0.4) is 0 Å². The molecule has 0 saturated heterocycles. The minimum absolute atomic E-state index is 0.166. The highest BCUT2D eigenvalue weighted by molar-refractivity contribution is 7.16. The molecule has 4 heteroatoms. The fourth-order valence-electron chi connectivity index (χ4n) is 2.60. The molecule has 1 atom stereocenters. The third-order valence-electron chi connectivity index (χ3n) is 3.66. The van der Waals surface area contributed by atoms with Crippen LogP contribution in [0.2, 0.25) is 4.34 Å². The van der Waals surface area contributed by atoms with Crippen molar-refractivity contribution < 1.29 is 4.42 Å². The number of thiophene rings is 1. The summed E-state index contributed by atoms with van der Waals surface area (Å²) in [4.78, 5) is 1.06. The molecule has 0 saturated carbocycles. The molecule has 0 aliphatic carbocycles. The topological polar surface area (TPSA) is 39.2 Å². The van der Waals surface area contributed by atoms with Gasteiger partial charge < -0.3 is 10.2 Å². The van der Waals surface area contributed by atoms with Crippen molar-refractivity contribution >= 4 is 44.9 Å². The second-order valence-corrected chi connectivity index (χ2v) is 6.72. The fraction of sp³-hybridized carbons (Fsp3) is 0.0588. The maximum absolute atomic E-state index is 6.35. The highest BCUT2D eigenvalue weighted by Crippen LogP contribution is 2.34. The molecule has 0 spiro atoms. The van der Waals surface area contributed by atoms with Gasteiger partial charge in [-0.3, -0.25) is 0 Å². The number of nitrogens with two attached hydrogens (primary N) is 1. The van der Waals surface area contributed by atoms with Crippen LogP contribution in [0.5, 0.6) is 0 Å². The average molecular weight is 314 g/mol. The van der Waals surface area contributed by atoms with Gasteiger partial charge in [0.1, 0.15) is 11.2 Å². The Morgan fingerprint density at radius 3 is 2.57 bits per heavy atom. The molecule has 4 aromatic rings. The molecule has 104 valence electrons. The van der Waals surface area contributed by atoms with E-state index in [1.807, 2.05) is 42.5 Å². The monoisotopic (exact) mass is 313 g/mol. The van der Waals surface area contributed by atoms with Crippen molar-refractivity contribution in [3.05, 3.63) is 69.4 Å².